The van der Waals surface area contributed by atoms with E-state index in [1.54, 1.807) is 0 Å². The van der Waals surface area contributed by atoms with E-state index in [0.29, 0.717) is 6.04 Å². The number of unbranched alkanes of at least 4 members (excludes halogenated alkanes) is 7. The first-order valence-electron chi connectivity index (χ1n) is 11.9. The Balaban J connectivity index is 1.38. The minimum absolute atomic E-state index is 0.0124. The standard InChI is InChI=1S/C25H39N3O/c1-2-3-4-5-6-7-8-12-18-27-19-13-16-23(27)17-20-28-21-24(25(29)26-28)22-14-10-9-11-15-22/h9-11,14-15,21,23H,2-8,12-13,16-20H2,1H3,(H,26,29). The first-order valence-corrected chi connectivity index (χ1v) is 11.9. The third-order valence-electron chi connectivity index (χ3n) is 6.36. The van der Waals surface area contributed by atoms with Gasteiger partial charge in [0.15, 0.2) is 0 Å². The summed E-state index contributed by atoms with van der Waals surface area (Å²) < 4.78 is 1.98. The molecule has 2 aromatic rings. The van der Waals surface area contributed by atoms with Gasteiger partial charge in [-0.2, -0.15) is 0 Å². The number of aryl methyl sites for hydroxylation is 1. The van der Waals surface area contributed by atoms with Gasteiger partial charge in [0, 0.05) is 18.8 Å². The summed E-state index contributed by atoms with van der Waals surface area (Å²) in [6, 6.07) is 10.6. The molecule has 0 saturated carbocycles. The maximum absolute atomic E-state index is 12.3. The van der Waals surface area contributed by atoms with Crippen LogP contribution in [0.5, 0.6) is 0 Å². The summed E-state index contributed by atoms with van der Waals surface area (Å²) in [6.45, 7) is 5.67. The van der Waals surface area contributed by atoms with Crippen LogP contribution < -0.4 is 5.56 Å². The van der Waals surface area contributed by atoms with Gasteiger partial charge in [-0.1, -0.05) is 82.2 Å². The highest BCUT2D eigenvalue weighted by Gasteiger charge is 2.23. The van der Waals surface area contributed by atoms with E-state index in [0.717, 1.165) is 24.1 Å². The molecular formula is C25H39N3O. The summed E-state index contributed by atoms with van der Waals surface area (Å²) >= 11 is 0. The molecule has 0 spiro atoms. The van der Waals surface area contributed by atoms with Crippen LogP contribution in [0.25, 0.3) is 11.1 Å². The molecule has 1 aliphatic heterocycles. The van der Waals surface area contributed by atoms with Crippen molar-refractivity contribution in [3.63, 3.8) is 0 Å². The average Bonchev–Trinajstić information content (AvgIpc) is 3.35. The van der Waals surface area contributed by atoms with Crippen molar-refractivity contribution in [2.24, 2.45) is 0 Å². The Bertz CT molecular complexity index is 749. The van der Waals surface area contributed by atoms with Crippen molar-refractivity contribution in [1.29, 1.82) is 0 Å². The van der Waals surface area contributed by atoms with Crippen LogP contribution >= 0.6 is 0 Å². The molecule has 0 amide bonds. The van der Waals surface area contributed by atoms with Crippen molar-refractivity contribution >= 4 is 0 Å². The number of nitrogens with one attached hydrogen (secondary N) is 1. The lowest BCUT2D eigenvalue weighted by Gasteiger charge is -2.24. The maximum atomic E-state index is 12.3. The van der Waals surface area contributed by atoms with E-state index in [9.17, 15) is 4.79 Å². The molecule has 0 aliphatic carbocycles. The molecule has 2 heterocycles. The molecule has 29 heavy (non-hydrogen) atoms. The van der Waals surface area contributed by atoms with E-state index >= 15 is 0 Å². The van der Waals surface area contributed by atoms with Crippen LogP contribution in [-0.4, -0.2) is 33.8 Å². The topological polar surface area (TPSA) is 41.0 Å². The Morgan fingerprint density at radius 3 is 2.45 bits per heavy atom. The average molecular weight is 398 g/mol. The molecule has 1 aromatic carbocycles. The number of hydrogen-bond donors (Lipinski definition) is 1. The number of aromatic nitrogens is 2. The molecule has 0 bridgehead atoms. The van der Waals surface area contributed by atoms with E-state index in [4.69, 9.17) is 0 Å². The smallest absolute Gasteiger partial charge is 0.271 e. The SMILES string of the molecule is CCCCCCCCCCN1CCCC1CCn1cc(-c2ccccc2)c(=O)[nH]1. The highest BCUT2D eigenvalue weighted by molar-refractivity contribution is 5.61. The van der Waals surface area contributed by atoms with Crippen LogP contribution in [0.3, 0.4) is 0 Å². The highest BCUT2D eigenvalue weighted by Crippen LogP contribution is 2.22. The van der Waals surface area contributed by atoms with E-state index in [-0.39, 0.29) is 5.56 Å². The Labute approximate surface area is 176 Å². The van der Waals surface area contributed by atoms with Crippen LogP contribution in [0.15, 0.2) is 41.3 Å². The van der Waals surface area contributed by atoms with Gasteiger partial charge in [-0.15, -0.1) is 0 Å². The molecule has 1 unspecified atom stereocenters. The Morgan fingerprint density at radius 1 is 0.966 bits per heavy atom. The van der Waals surface area contributed by atoms with Gasteiger partial charge in [0.2, 0.25) is 0 Å². The first kappa shape index (κ1) is 21.9. The summed E-state index contributed by atoms with van der Waals surface area (Å²) in [5.41, 5.74) is 1.77. The quantitative estimate of drug-likeness (QED) is 0.431. The molecule has 1 fully saturated rings. The molecule has 4 heteroatoms. The number of benzene rings is 1. The van der Waals surface area contributed by atoms with E-state index < -0.39 is 0 Å². The second-order valence-corrected chi connectivity index (χ2v) is 8.64. The van der Waals surface area contributed by atoms with Crippen LogP contribution in [-0.2, 0) is 6.54 Å². The first-order chi connectivity index (χ1) is 14.3. The van der Waals surface area contributed by atoms with E-state index in [2.05, 4.69) is 16.9 Å². The van der Waals surface area contributed by atoms with Crippen molar-refractivity contribution in [3.8, 4) is 11.1 Å². The molecule has 1 aliphatic rings. The molecular weight excluding hydrogens is 358 g/mol. The van der Waals surface area contributed by atoms with Crippen LogP contribution in [0.2, 0.25) is 0 Å². The van der Waals surface area contributed by atoms with Gasteiger partial charge >= 0.3 is 0 Å². The lowest BCUT2D eigenvalue weighted by atomic mass is 10.1. The van der Waals surface area contributed by atoms with Crippen molar-refractivity contribution in [2.75, 3.05) is 13.1 Å². The molecule has 0 radical (unpaired) electrons. The molecule has 4 nitrogen and oxygen atoms in total. The molecule has 1 N–H and O–H groups in total. The Kier molecular flexibility index (Phi) is 9.07. The normalized spacial score (nSPS) is 17.2. The van der Waals surface area contributed by atoms with Crippen LogP contribution in [0.1, 0.15) is 77.6 Å². The Hall–Kier alpha value is -1.81. The van der Waals surface area contributed by atoms with Gasteiger partial charge in [0.1, 0.15) is 0 Å². The van der Waals surface area contributed by atoms with Gasteiger partial charge in [0.05, 0.1) is 5.56 Å². The lowest BCUT2D eigenvalue weighted by molar-refractivity contribution is 0.229. The predicted octanol–water partition coefficient (Wildman–Crippen LogP) is 5.84. The van der Waals surface area contributed by atoms with E-state index in [1.807, 2.05) is 41.2 Å². The summed E-state index contributed by atoms with van der Waals surface area (Å²) in [4.78, 5) is 15.0. The van der Waals surface area contributed by atoms with Gasteiger partial charge in [-0.05, 0) is 44.3 Å². The summed E-state index contributed by atoms with van der Waals surface area (Å²) in [5, 5.41) is 3.01. The fourth-order valence-electron chi connectivity index (χ4n) is 4.63. The minimum Gasteiger partial charge on any atom is -0.300 e. The van der Waals surface area contributed by atoms with Crippen LogP contribution in [0.4, 0.5) is 0 Å². The van der Waals surface area contributed by atoms with Gasteiger partial charge < -0.3 is 4.90 Å². The van der Waals surface area contributed by atoms with Gasteiger partial charge in [0.25, 0.3) is 5.56 Å². The highest BCUT2D eigenvalue weighted by atomic mass is 16.1. The molecule has 160 valence electrons. The molecule has 1 aromatic heterocycles. The Morgan fingerprint density at radius 2 is 1.69 bits per heavy atom. The van der Waals surface area contributed by atoms with Crippen molar-refractivity contribution in [2.45, 2.75) is 90.1 Å². The molecule has 1 saturated heterocycles. The zero-order chi connectivity index (χ0) is 20.3. The lowest BCUT2D eigenvalue weighted by Crippen LogP contribution is -2.31. The van der Waals surface area contributed by atoms with E-state index in [1.165, 1.54) is 77.3 Å². The second kappa shape index (κ2) is 12.0. The van der Waals surface area contributed by atoms with Crippen molar-refractivity contribution in [3.05, 3.63) is 46.9 Å². The van der Waals surface area contributed by atoms with Gasteiger partial charge in [-0.25, -0.2) is 0 Å². The number of hydrogen-bond acceptors (Lipinski definition) is 2. The van der Waals surface area contributed by atoms with Gasteiger partial charge in [-0.3, -0.25) is 14.6 Å². The summed E-state index contributed by atoms with van der Waals surface area (Å²) in [6.07, 6.45) is 16.8. The maximum Gasteiger partial charge on any atom is 0.271 e. The molecule has 1 atom stereocenters. The monoisotopic (exact) mass is 397 g/mol. The third kappa shape index (κ3) is 6.88. The zero-order valence-corrected chi connectivity index (χ0v) is 18.2. The minimum atomic E-state index is 0.0124. The predicted molar refractivity (Wildman–Crippen MR) is 122 cm³/mol. The number of aromatic amines is 1. The molecule has 3 rings (SSSR count). The fourth-order valence-corrected chi connectivity index (χ4v) is 4.63. The zero-order valence-electron chi connectivity index (χ0n) is 18.2. The summed E-state index contributed by atoms with van der Waals surface area (Å²) in [5.74, 6) is 0. The second-order valence-electron chi connectivity index (χ2n) is 8.64. The largest absolute Gasteiger partial charge is 0.300 e. The summed E-state index contributed by atoms with van der Waals surface area (Å²) in [7, 11) is 0. The van der Waals surface area contributed by atoms with Crippen LogP contribution in [0, 0.1) is 0 Å². The van der Waals surface area contributed by atoms with Crippen molar-refractivity contribution < 1.29 is 0 Å². The number of nitrogens with zero attached hydrogens (tertiary/aromatic N) is 2. The number of rotatable bonds is 13. The number of likely N-dealkylation sites (tertiary alicyclic amines) is 1. The number of H-pyrrole nitrogens is 1. The third-order valence-corrected chi connectivity index (χ3v) is 6.36. The van der Waals surface area contributed by atoms with Crippen molar-refractivity contribution in [1.82, 2.24) is 14.7 Å². The fraction of sp³-hybridized carbons (Fsp3) is 0.640.